The molecule has 0 amide bonds. The van der Waals surface area contributed by atoms with E-state index < -0.39 is 0 Å². The van der Waals surface area contributed by atoms with Gasteiger partial charge >= 0.3 is 0 Å². The lowest BCUT2D eigenvalue weighted by molar-refractivity contribution is -0.138. The number of fused-ring (bicyclic) bond motifs is 1. The van der Waals surface area contributed by atoms with Crippen molar-refractivity contribution in [2.45, 2.75) is 45.6 Å². The molecule has 19 heavy (non-hydrogen) atoms. The standard InChI is InChI=1S/C9H11BrN2.C5H10O2/c1-9(2)5-12-7-3-6(10)4-11-8(7)9;1-5(2,3)7-4-6/h3-4,12H,5H2,1-2H3;4H,1-3H3. The maximum Gasteiger partial charge on any atom is 0.293 e. The second-order valence-electron chi connectivity index (χ2n) is 6.11. The number of rotatable bonds is 1. The third-order valence-electron chi connectivity index (χ3n) is 2.62. The van der Waals surface area contributed by atoms with E-state index in [0.717, 1.165) is 16.7 Å². The first-order valence-corrected chi connectivity index (χ1v) is 6.96. The summed E-state index contributed by atoms with van der Waals surface area (Å²) in [6.45, 7) is 11.3. The summed E-state index contributed by atoms with van der Waals surface area (Å²) in [5, 5.41) is 3.34. The number of aromatic nitrogens is 1. The van der Waals surface area contributed by atoms with E-state index in [1.807, 2.05) is 27.0 Å². The first-order valence-electron chi connectivity index (χ1n) is 6.17. The van der Waals surface area contributed by atoms with Crippen LogP contribution in [0.25, 0.3) is 0 Å². The molecule has 1 aromatic heterocycles. The number of hydrogen-bond donors (Lipinski definition) is 1. The van der Waals surface area contributed by atoms with Gasteiger partial charge in [-0.05, 0) is 42.8 Å². The van der Waals surface area contributed by atoms with Gasteiger partial charge < -0.3 is 10.1 Å². The Morgan fingerprint density at radius 3 is 2.58 bits per heavy atom. The highest BCUT2D eigenvalue weighted by Crippen LogP contribution is 2.35. The second-order valence-corrected chi connectivity index (χ2v) is 7.03. The second kappa shape index (κ2) is 5.90. The molecular weight excluding hydrogens is 308 g/mol. The molecule has 4 nitrogen and oxygen atoms in total. The van der Waals surface area contributed by atoms with Gasteiger partial charge in [0.05, 0.1) is 11.4 Å². The van der Waals surface area contributed by atoms with Gasteiger partial charge in [-0.2, -0.15) is 0 Å². The molecule has 0 saturated heterocycles. The van der Waals surface area contributed by atoms with E-state index in [-0.39, 0.29) is 11.0 Å². The quantitative estimate of drug-likeness (QED) is 0.801. The van der Waals surface area contributed by atoms with E-state index in [4.69, 9.17) is 0 Å². The van der Waals surface area contributed by atoms with Gasteiger partial charge in [0.25, 0.3) is 6.47 Å². The van der Waals surface area contributed by atoms with Crippen molar-refractivity contribution in [3.05, 3.63) is 22.4 Å². The largest absolute Gasteiger partial charge is 0.462 e. The highest BCUT2D eigenvalue weighted by atomic mass is 79.9. The van der Waals surface area contributed by atoms with Crippen molar-refractivity contribution >= 4 is 28.1 Å². The average molecular weight is 329 g/mol. The Balaban J connectivity index is 0.000000224. The van der Waals surface area contributed by atoms with Crippen LogP contribution in [0.1, 0.15) is 40.3 Å². The van der Waals surface area contributed by atoms with Gasteiger partial charge in [0.15, 0.2) is 0 Å². The van der Waals surface area contributed by atoms with Crippen LogP contribution in [0.4, 0.5) is 5.69 Å². The van der Waals surface area contributed by atoms with E-state index >= 15 is 0 Å². The first kappa shape index (κ1) is 16.0. The van der Waals surface area contributed by atoms with Crippen molar-refractivity contribution in [2.75, 3.05) is 11.9 Å². The number of anilines is 1. The monoisotopic (exact) mass is 328 g/mol. The average Bonchev–Trinajstić information content (AvgIpc) is 2.53. The third-order valence-corrected chi connectivity index (χ3v) is 3.05. The van der Waals surface area contributed by atoms with Crippen LogP contribution in [0.5, 0.6) is 0 Å². The van der Waals surface area contributed by atoms with Crippen molar-refractivity contribution in [3.8, 4) is 0 Å². The lowest BCUT2D eigenvalue weighted by atomic mass is 9.91. The Kier molecular flexibility index (Phi) is 4.96. The zero-order valence-corrected chi connectivity index (χ0v) is 13.7. The Bertz CT molecular complexity index is 453. The zero-order chi connectivity index (χ0) is 14.7. The van der Waals surface area contributed by atoms with Crippen molar-refractivity contribution in [2.24, 2.45) is 0 Å². The van der Waals surface area contributed by atoms with Gasteiger partial charge in [0.2, 0.25) is 0 Å². The summed E-state index contributed by atoms with van der Waals surface area (Å²) in [7, 11) is 0. The minimum Gasteiger partial charge on any atom is -0.462 e. The van der Waals surface area contributed by atoms with Crippen LogP contribution in [0.2, 0.25) is 0 Å². The summed E-state index contributed by atoms with van der Waals surface area (Å²) in [5.74, 6) is 0. The number of nitrogens with zero attached hydrogens (tertiary/aromatic N) is 1. The molecule has 0 unspecified atom stereocenters. The predicted molar refractivity (Wildman–Crippen MR) is 80.4 cm³/mol. The fourth-order valence-corrected chi connectivity index (χ4v) is 1.99. The first-order chi connectivity index (χ1) is 8.65. The molecule has 0 aromatic carbocycles. The number of halogens is 1. The smallest absolute Gasteiger partial charge is 0.293 e. The van der Waals surface area contributed by atoms with Gasteiger partial charge in [-0.15, -0.1) is 0 Å². The number of hydrogen-bond acceptors (Lipinski definition) is 4. The highest BCUT2D eigenvalue weighted by Gasteiger charge is 2.30. The van der Waals surface area contributed by atoms with E-state index in [2.05, 4.69) is 50.9 Å². The van der Waals surface area contributed by atoms with Gasteiger partial charge in [-0.3, -0.25) is 9.78 Å². The summed E-state index contributed by atoms with van der Waals surface area (Å²) >= 11 is 3.40. The molecule has 2 heterocycles. The Morgan fingerprint density at radius 1 is 1.47 bits per heavy atom. The Labute approximate surface area is 123 Å². The molecular formula is C14H21BrN2O2. The molecule has 2 rings (SSSR count). The van der Waals surface area contributed by atoms with Crippen molar-refractivity contribution in [1.29, 1.82) is 0 Å². The molecule has 106 valence electrons. The van der Waals surface area contributed by atoms with E-state index in [1.54, 1.807) is 0 Å². The molecule has 0 fully saturated rings. The van der Waals surface area contributed by atoms with E-state index in [0.29, 0.717) is 6.47 Å². The number of ether oxygens (including phenoxy) is 1. The fraction of sp³-hybridized carbons (Fsp3) is 0.571. The molecule has 0 atom stereocenters. The van der Waals surface area contributed by atoms with Crippen LogP contribution >= 0.6 is 15.9 Å². The van der Waals surface area contributed by atoms with Gasteiger partial charge in [0, 0.05) is 22.6 Å². The minimum atomic E-state index is -0.318. The van der Waals surface area contributed by atoms with Gasteiger partial charge in [-0.1, -0.05) is 13.8 Å². The minimum absolute atomic E-state index is 0.177. The van der Waals surface area contributed by atoms with Crippen molar-refractivity contribution in [1.82, 2.24) is 4.98 Å². The van der Waals surface area contributed by atoms with E-state index in [1.165, 1.54) is 5.69 Å². The number of pyridine rings is 1. The van der Waals surface area contributed by atoms with Crippen LogP contribution < -0.4 is 5.32 Å². The molecule has 0 aliphatic carbocycles. The highest BCUT2D eigenvalue weighted by molar-refractivity contribution is 9.10. The molecule has 0 spiro atoms. The summed E-state index contributed by atoms with van der Waals surface area (Å²) in [5.41, 5.74) is 2.19. The third kappa shape index (κ3) is 4.82. The van der Waals surface area contributed by atoms with Crippen LogP contribution in [0, 0.1) is 0 Å². The molecule has 1 aromatic rings. The molecule has 1 aliphatic rings. The molecule has 5 heteroatoms. The number of carbonyl (C=O) groups is 1. The lowest BCUT2D eigenvalue weighted by Gasteiger charge is -2.14. The predicted octanol–water partition coefficient (Wildman–Crippen LogP) is 3.51. The number of nitrogens with one attached hydrogen (secondary N) is 1. The Morgan fingerprint density at radius 2 is 2.11 bits per heavy atom. The lowest BCUT2D eigenvalue weighted by Crippen LogP contribution is -2.19. The zero-order valence-electron chi connectivity index (χ0n) is 12.1. The summed E-state index contributed by atoms with van der Waals surface area (Å²) < 4.78 is 5.58. The maximum atomic E-state index is 9.60. The molecule has 0 radical (unpaired) electrons. The van der Waals surface area contributed by atoms with Crippen LogP contribution in [-0.4, -0.2) is 23.6 Å². The SMILES string of the molecule is CC(C)(C)OC=O.CC1(C)CNc2cc(Br)cnc21. The Hall–Kier alpha value is -1.10. The van der Waals surface area contributed by atoms with Crippen LogP contribution in [0.3, 0.4) is 0 Å². The molecule has 0 bridgehead atoms. The van der Waals surface area contributed by atoms with Crippen LogP contribution in [0.15, 0.2) is 16.7 Å². The maximum absolute atomic E-state index is 9.60. The van der Waals surface area contributed by atoms with Crippen molar-refractivity contribution in [3.63, 3.8) is 0 Å². The molecule has 0 saturated carbocycles. The topological polar surface area (TPSA) is 51.2 Å². The van der Waals surface area contributed by atoms with Gasteiger partial charge in [0.1, 0.15) is 5.60 Å². The normalized spacial score (nSPS) is 15.7. The van der Waals surface area contributed by atoms with Gasteiger partial charge in [-0.25, -0.2) is 0 Å². The van der Waals surface area contributed by atoms with Crippen LogP contribution in [-0.2, 0) is 14.9 Å². The number of carbonyl (C=O) groups excluding carboxylic acids is 1. The fourth-order valence-electron chi connectivity index (χ4n) is 1.66. The summed E-state index contributed by atoms with van der Waals surface area (Å²) in [6.07, 6.45) is 1.85. The van der Waals surface area contributed by atoms with Crippen molar-refractivity contribution < 1.29 is 9.53 Å². The van der Waals surface area contributed by atoms with E-state index in [9.17, 15) is 4.79 Å². The summed E-state index contributed by atoms with van der Waals surface area (Å²) in [6, 6.07) is 2.08. The summed E-state index contributed by atoms with van der Waals surface area (Å²) in [4.78, 5) is 14.0. The molecule has 1 aliphatic heterocycles. The molecule has 1 N–H and O–H groups in total.